The first-order chi connectivity index (χ1) is 12.6. The minimum Gasteiger partial charge on any atom is -0.392 e. The van der Waals surface area contributed by atoms with Crippen LogP contribution in [0.5, 0.6) is 0 Å². The third kappa shape index (κ3) is 3.38. The maximum absolute atomic E-state index is 13.8. The third-order valence-electron chi connectivity index (χ3n) is 4.77. The van der Waals surface area contributed by atoms with E-state index in [4.69, 9.17) is 4.52 Å². The molecule has 1 fully saturated rings. The van der Waals surface area contributed by atoms with Crippen LogP contribution in [0.3, 0.4) is 0 Å². The third-order valence-corrected chi connectivity index (χ3v) is 4.77. The van der Waals surface area contributed by atoms with Gasteiger partial charge in [-0.15, -0.1) is 0 Å². The van der Waals surface area contributed by atoms with E-state index in [1.807, 2.05) is 18.2 Å². The van der Waals surface area contributed by atoms with Gasteiger partial charge in [0.25, 0.3) is 0 Å². The lowest BCUT2D eigenvalue weighted by molar-refractivity contribution is 0.169. The number of hydrogen-bond acceptors (Lipinski definition) is 5. The Labute approximate surface area is 151 Å². The lowest BCUT2D eigenvalue weighted by atomic mass is 10.1. The maximum Gasteiger partial charge on any atom is 0.244 e. The Kier molecular flexibility index (Phi) is 4.53. The van der Waals surface area contributed by atoms with E-state index in [0.29, 0.717) is 42.4 Å². The van der Waals surface area contributed by atoms with Gasteiger partial charge in [-0.2, -0.15) is 4.98 Å². The molecular weight excluding hydrogens is 333 g/mol. The Morgan fingerprint density at radius 1 is 1.23 bits per heavy atom. The lowest BCUT2D eigenvalue weighted by Gasteiger charge is -2.21. The van der Waals surface area contributed by atoms with Gasteiger partial charge in [-0.25, -0.2) is 4.39 Å². The van der Waals surface area contributed by atoms with Crippen molar-refractivity contribution >= 4 is 0 Å². The number of halogens is 1. The molecule has 1 aliphatic heterocycles. The van der Waals surface area contributed by atoms with E-state index in [-0.39, 0.29) is 11.9 Å². The highest BCUT2D eigenvalue weighted by Gasteiger charge is 2.35. The predicted molar refractivity (Wildman–Crippen MR) is 94.6 cm³/mol. The molecule has 0 aliphatic carbocycles. The normalized spacial score (nSPS) is 20.6. The zero-order valence-corrected chi connectivity index (χ0v) is 14.5. The average Bonchev–Trinajstić information content (AvgIpc) is 3.25. The molecule has 2 aromatic carbocycles. The summed E-state index contributed by atoms with van der Waals surface area (Å²) in [6.07, 6.45) is 0.104. The lowest BCUT2D eigenvalue weighted by Crippen LogP contribution is -2.24. The molecule has 1 aromatic heterocycles. The van der Waals surface area contributed by atoms with E-state index in [1.54, 1.807) is 19.1 Å². The van der Waals surface area contributed by atoms with Crippen molar-refractivity contribution in [2.75, 3.05) is 6.54 Å². The summed E-state index contributed by atoms with van der Waals surface area (Å²) in [4.78, 5) is 6.59. The van der Waals surface area contributed by atoms with Gasteiger partial charge in [0.05, 0.1) is 12.1 Å². The van der Waals surface area contributed by atoms with E-state index in [1.165, 1.54) is 6.07 Å². The molecule has 0 radical (unpaired) electrons. The van der Waals surface area contributed by atoms with Gasteiger partial charge in [-0.3, -0.25) is 4.90 Å². The monoisotopic (exact) mass is 353 g/mol. The summed E-state index contributed by atoms with van der Waals surface area (Å²) in [5.41, 5.74) is 2.31. The van der Waals surface area contributed by atoms with Crippen LogP contribution in [0, 0.1) is 12.7 Å². The number of rotatable bonds is 4. The van der Waals surface area contributed by atoms with Crippen LogP contribution in [0.4, 0.5) is 4.39 Å². The van der Waals surface area contributed by atoms with E-state index < -0.39 is 6.10 Å². The quantitative estimate of drug-likeness (QED) is 0.778. The number of aliphatic hydroxyl groups is 1. The van der Waals surface area contributed by atoms with Crippen LogP contribution in [-0.2, 0) is 6.54 Å². The van der Waals surface area contributed by atoms with Gasteiger partial charge in [0.2, 0.25) is 11.7 Å². The van der Waals surface area contributed by atoms with Crippen LogP contribution >= 0.6 is 0 Å². The van der Waals surface area contributed by atoms with E-state index in [2.05, 4.69) is 27.2 Å². The van der Waals surface area contributed by atoms with Gasteiger partial charge >= 0.3 is 0 Å². The molecule has 1 aliphatic rings. The van der Waals surface area contributed by atoms with Crippen molar-refractivity contribution in [2.45, 2.75) is 32.0 Å². The molecule has 0 bridgehead atoms. The van der Waals surface area contributed by atoms with Gasteiger partial charge < -0.3 is 9.63 Å². The largest absolute Gasteiger partial charge is 0.392 e. The minimum atomic E-state index is -0.434. The molecule has 2 unspecified atom stereocenters. The van der Waals surface area contributed by atoms with E-state index >= 15 is 0 Å². The molecule has 1 N–H and O–H groups in total. The van der Waals surface area contributed by atoms with Crippen LogP contribution in [0.2, 0.25) is 0 Å². The molecule has 26 heavy (non-hydrogen) atoms. The molecule has 6 heteroatoms. The van der Waals surface area contributed by atoms with Gasteiger partial charge in [-0.1, -0.05) is 47.6 Å². The second-order valence-corrected chi connectivity index (χ2v) is 6.74. The first kappa shape index (κ1) is 16.9. The maximum atomic E-state index is 13.8. The SMILES string of the molecule is Cc1ccc(-c2noc(C3CC(O)CN3Cc3ccccc3)n2)cc1F. The number of nitrogens with zero attached hydrogens (tertiary/aromatic N) is 3. The Balaban J connectivity index is 1.57. The van der Waals surface area contributed by atoms with Crippen molar-refractivity contribution in [2.24, 2.45) is 0 Å². The highest BCUT2D eigenvalue weighted by Crippen LogP contribution is 2.33. The number of likely N-dealkylation sites (tertiary alicyclic amines) is 1. The van der Waals surface area contributed by atoms with Crippen molar-refractivity contribution < 1.29 is 14.0 Å². The Hall–Kier alpha value is -2.57. The molecule has 0 saturated carbocycles. The molecular formula is C20H20FN3O2. The Morgan fingerprint density at radius 3 is 2.81 bits per heavy atom. The second kappa shape index (κ2) is 6.97. The highest BCUT2D eigenvalue weighted by molar-refractivity contribution is 5.55. The zero-order chi connectivity index (χ0) is 18.1. The molecule has 2 heterocycles. The number of aliphatic hydroxyl groups excluding tert-OH is 1. The van der Waals surface area contributed by atoms with Gasteiger partial charge in [-0.05, 0) is 30.5 Å². The molecule has 134 valence electrons. The smallest absolute Gasteiger partial charge is 0.244 e. The van der Waals surface area contributed by atoms with Crippen molar-refractivity contribution in [1.29, 1.82) is 0 Å². The molecule has 5 nitrogen and oxygen atoms in total. The highest BCUT2D eigenvalue weighted by atomic mass is 19.1. The van der Waals surface area contributed by atoms with Crippen LogP contribution < -0.4 is 0 Å². The van der Waals surface area contributed by atoms with Crippen molar-refractivity contribution in [3.63, 3.8) is 0 Å². The summed E-state index contributed by atoms with van der Waals surface area (Å²) in [6.45, 7) is 2.96. The Bertz CT molecular complexity index is 897. The fourth-order valence-electron chi connectivity index (χ4n) is 3.35. The number of aromatic nitrogens is 2. The first-order valence-corrected chi connectivity index (χ1v) is 8.66. The standard InChI is InChI=1S/C20H20FN3O2/c1-13-7-8-15(9-17(13)21)19-22-20(26-23-19)18-10-16(25)12-24(18)11-14-5-3-2-4-6-14/h2-9,16,18,25H,10-12H2,1H3. The number of aryl methyl sites for hydroxylation is 1. The van der Waals surface area contributed by atoms with E-state index in [0.717, 1.165) is 5.56 Å². The summed E-state index contributed by atoms with van der Waals surface area (Å²) in [5, 5.41) is 14.1. The topological polar surface area (TPSA) is 62.4 Å². The fraction of sp³-hybridized carbons (Fsp3) is 0.300. The average molecular weight is 353 g/mol. The summed E-state index contributed by atoms with van der Waals surface area (Å²) < 4.78 is 19.3. The molecule has 3 aromatic rings. The molecule has 2 atom stereocenters. The minimum absolute atomic E-state index is 0.151. The van der Waals surface area contributed by atoms with Gasteiger partial charge in [0, 0.05) is 18.7 Å². The molecule has 1 saturated heterocycles. The molecule has 0 amide bonds. The van der Waals surface area contributed by atoms with Crippen LogP contribution in [-0.4, -0.2) is 32.8 Å². The number of benzene rings is 2. The van der Waals surface area contributed by atoms with E-state index in [9.17, 15) is 9.50 Å². The summed E-state index contributed by atoms with van der Waals surface area (Å²) in [5.74, 6) is 0.518. The first-order valence-electron chi connectivity index (χ1n) is 8.66. The van der Waals surface area contributed by atoms with Crippen molar-refractivity contribution in [1.82, 2.24) is 15.0 Å². The van der Waals surface area contributed by atoms with Gasteiger partial charge in [0.15, 0.2) is 0 Å². The van der Waals surface area contributed by atoms with Gasteiger partial charge in [0.1, 0.15) is 5.82 Å². The van der Waals surface area contributed by atoms with Crippen molar-refractivity contribution in [3.05, 3.63) is 71.4 Å². The van der Waals surface area contributed by atoms with Crippen LogP contribution in [0.25, 0.3) is 11.4 Å². The fourth-order valence-corrected chi connectivity index (χ4v) is 3.35. The van der Waals surface area contributed by atoms with Crippen LogP contribution in [0.1, 0.15) is 29.5 Å². The number of hydrogen-bond donors (Lipinski definition) is 1. The van der Waals surface area contributed by atoms with Crippen molar-refractivity contribution in [3.8, 4) is 11.4 Å². The summed E-state index contributed by atoms with van der Waals surface area (Å²) >= 11 is 0. The second-order valence-electron chi connectivity index (χ2n) is 6.74. The summed E-state index contributed by atoms with van der Waals surface area (Å²) in [7, 11) is 0. The van der Waals surface area contributed by atoms with Crippen LogP contribution in [0.15, 0.2) is 53.1 Å². The predicted octanol–water partition coefficient (Wildman–Crippen LogP) is 3.49. The zero-order valence-electron chi connectivity index (χ0n) is 14.5. The number of β-amino-alcohol motifs (C(OH)–C–C–N with tert-alkyl or cyclic N) is 1. The molecule has 4 rings (SSSR count). The Morgan fingerprint density at radius 2 is 2.04 bits per heavy atom. The summed E-state index contributed by atoms with van der Waals surface area (Å²) in [6, 6.07) is 14.8. The molecule has 0 spiro atoms.